The van der Waals surface area contributed by atoms with Crippen LogP contribution in [0.1, 0.15) is 21.6 Å². The Balaban J connectivity index is 2.41. The molecule has 0 aliphatic heterocycles. The maximum atomic E-state index is 11.5. The lowest BCUT2D eigenvalue weighted by Crippen LogP contribution is -2.00. The van der Waals surface area contributed by atoms with Crippen molar-refractivity contribution in [3.63, 3.8) is 0 Å². The van der Waals surface area contributed by atoms with Gasteiger partial charge in [0, 0.05) is 21.7 Å². The monoisotopic (exact) mass is 252 g/mol. The third-order valence-corrected chi connectivity index (χ3v) is 2.80. The van der Waals surface area contributed by atoms with Gasteiger partial charge in [0.15, 0.2) is 0 Å². The van der Waals surface area contributed by atoms with Gasteiger partial charge in [-0.15, -0.1) is 0 Å². The molecule has 0 aliphatic rings. The fourth-order valence-electron chi connectivity index (χ4n) is 1.77. The van der Waals surface area contributed by atoms with Crippen molar-refractivity contribution in [1.82, 2.24) is 4.98 Å². The lowest BCUT2D eigenvalue weighted by Gasteiger charge is -2.05. The van der Waals surface area contributed by atoms with Crippen LogP contribution in [-0.2, 0) is 0 Å². The number of rotatable bonds is 2. The summed E-state index contributed by atoms with van der Waals surface area (Å²) in [7, 11) is 0. The molecule has 5 nitrogen and oxygen atoms in total. The Morgan fingerprint density at radius 1 is 1.16 bits per heavy atom. The van der Waals surface area contributed by atoms with Crippen LogP contribution in [0.2, 0.25) is 0 Å². The molecular weight excluding hydrogens is 240 g/mol. The predicted molar refractivity (Wildman–Crippen MR) is 72.6 cm³/mol. The van der Waals surface area contributed by atoms with Crippen LogP contribution in [0.25, 0.3) is 21.7 Å². The van der Waals surface area contributed by atoms with Gasteiger partial charge in [-0.2, -0.15) is 0 Å². The number of nitrogens with zero attached hydrogens (tertiary/aromatic N) is 4. The molecule has 1 heterocycles. The molecule has 1 amide bonds. The van der Waals surface area contributed by atoms with Crippen LogP contribution < -0.4 is 0 Å². The molecule has 2 rings (SSSR count). The van der Waals surface area contributed by atoms with E-state index in [4.69, 9.17) is 5.53 Å². The minimum atomic E-state index is -0.608. The van der Waals surface area contributed by atoms with Crippen molar-refractivity contribution in [2.75, 3.05) is 0 Å². The summed E-state index contributed by atoms with van der Waals surface area (Å²) >= 11 is 0. The molecule has 0 saturated carbocycles. The number of azide groups is 1. The zero-order valence-corrected chi connectivity index (χ0v) is 10.7. The van der Waals surface area contributed by atoms with E-state index in [0.29, 0.717) is 11.3 Å². The summed E-state index contributed by atoms with van der Waals surface area (Å²) in [5, 5.41) is 3.07. The summed E-state index contributed by atoms with van der Waals surface area (Å²) in [6.45, 7) is 3.74. The third-order valence-electron chi connectivity index (χ3n) is 2.80. The topological polar surface area (TPSA) is 78.7 Å². The number of carbonyl (C=O) groups excluding carboxylic acids is 1. The number of hydrogen-bond donors (Lipinski definition) is 0. The van der Waals surface area contributed by atoms with E-state index in [1.807, 2.05) is 31.2 Å². The summed E-state index contributed by atoms with van der Waals surface area (Å²) in [4.78, 5) is 18.4. The summed E-state index contributed by atoms with van der Waals surface area (Å²) in [5.74, 6) is -0.608. The number of aryl methyl sites for hydroxylation is 2. The van der Waals surface area contributed by atoms with Crippen molar-refractivity contribution in [2.45, 2.75) is 13.8 Å². The fraction of sp³-hybridized carbons (Fsp3) is 0.143. The highest BCUT2D eigenvalue weighted by Gasteiger charge is 2.09. The average molecular weight is 252 g/mol. The molecule has 5 heteroatoms. The molecule has 0 fully saturated rings. The first-order valence-electron chi connectivity index (χ1n) is 5.76. The first kappa shape index (κ1) is 12.8. The molecule has 94 valence electrons. The van der Waals surface area contributed by atoms with E-state index in [-0.39, 0.29) is 0 Å². The number of benzene rings is 1. The minimum absolute atomic E-state index is 0.327. The standard InChI is InChI=1S/C14H12N4O/c1-9-3-5-11(6-4-9)13-8-7-12(10(2)16-13)14(19)17-18-15/h3-8H,1-2H3. The Bertz CT molecular complexity index is 670. The van der Waals surface area contributed by atoms with E-state index in [2.05, 4.69) is 15.0 Å². The molecule has 0 radical (unpaired) electrons. The van der Waals surface area contributed by atoms with Crippen molar-refractivity contribution in [1.29, 1.82) is 0 Å². The molecule has 2 aromatic rings. The molecule has 0 aliphatic carbocycles. The van der Waals surface area contributed by atoms with Gasteiger partial charge >= 0.3 is 0 Å². The molecule has 0 atom stereocenters. The largest absolute Gasteiger partial charge is 0.287 e. The Morgan fingerprint density at radius 3 is 2.42 bits per heavy atom. The second kappa shape index (κ2) is 5.33. The Labute approximate surface area is 110 Å². The highest BCUT2D eigenvalue weighted by molar-refractivity contribution is 5.96. The molecule has 1 aromatic heterocycles. The summed E-state index contributed by atoms with van der Waals surface area (Å²) in [6.07, 6.45) is 0. The Kier molecular flexibility index (Phi) is 3.59. The van der Waals surface area contributed by atoms with E-state index < -0.39 is 5.91 Å². The minimum Gasteiger partial charge on any atom is -0.287 e. The van der Waals surface area contributed by atoms with Crippen molar-refractivity contribution in [2.24, 2.45) is 5.11 Å². The van der Waals surface area contributed by atoms with E-state index in [9.17, 15) is 4.79 Å². The molecule has 0 spiro atoms. The molecule has 19 heavy (non-hydrogen) atoms. The average Bonchev–Trinajstić information content (AvgIpc) is 2.39. The highest BCUT2D eigenvalue weighted by atomic mass is 16.1. The van der Waals surface area contributed by atoms with Crippen molar-refractivity contribution >= 4 is 5.91 Å². The normalized spacial score (nSPS) is 9.79. The summed E-state index contributed by atoms with van der Waals surface area (Å²) in [5.41, 5.74) is 12.1. The second-order valence-corrected chi connectivity index (χ2v) is 4.19. The molecule has 0 unspecified atom stereocenters. The summed E-state index contributed by atoms with van der Waals surface area (Å²) < 4.78 is 0. The first-order chi connectivity index (χ1) is 9.11. The quantitative estimate of drug-likeness (QED) is 0.462. The van der Waals surface area contributed by atoms with Crippen LogP contribution in [0.4, 0.5) is 0 Å². The zero-order chi connectivity index (χ0) is 13.8. The van der Waals surface area contributed by atoms with Crippen LogP contribution in [0.15, 0.2) is 41.5 Å². The van der Waals surface area contributed by atoms with Gasteiger partial charge in [-0.3, -0.25) is 9.78 Å². The van der Waals surface area contributed by atoms with Gasteiger partial charge in [0.25, 0.3) is 5.91 Å². The van der Waals surface area contributed by atoms with Gasteiger partial charge in [-0.05, 0) is 36.6 Å². The van der Waals surface area contributed by atoms with Crippen LogP contribution in [0.3, 0.4) is 0 Å². The van der Waals surface area contributed by atoms with E-state index in [1.165, 1.54) is 5.56 Å². The first-order valence-corrected chi connectivity index (χ1v) is 5.76. The maximum Gasteiger partial charge on any atom is 0.250 e. The maximum absolute atomic E-state index is 11.5. The van der Waals surface area contributed by atoms with E-state index in [0.717, 1.165) is 11.3 Å². The smallest absolute Gasteiger partial charge is 0.250 e. The zero-order valence-electron chi connectivity index (χ0n) is 10.7. The molecule has 0 N–H and O–H groups in total. The lowest BCUT2D eigenvalue weighted by atomic mass is 10.1. The molecule has 1 aromatic carbocycles. The van der Waals surface area contributed by atoms with Crippen molar-refractivity contribution in [3.05, 3.63) is 63.7 Å². The van der Waals surface area contributed by atoms with Gasteiger partial charge in [-0.25, -0.2) is 0 Å². The van der Waals surface area contributed by atoms with Crippen LogP contribution >= 0.6 is 0 Å². The molecular formula is C14H12N4O. The number of pyridine rings is 1. The van der Waals surface area contributed by atoms with Gasteiger partial charge in [0.1, 0.15) is 0 Å². The van der Waals surface area contributed by atoms with Gasteiger partial charge in [-0.1, -0.05) is 29.8 Å². The van der Waals surface area contributed by atoms with Crippen LogP contribution in [-0.4, -0.2) is 10.9 Å². The number of carbonyl (C=O) groups is 1. The predicted octanol–water partition coefficient (Wildman–Crippen LogP) is 3.82. The lowest BCUT2D eigenvalue weighted by molar-refractivity contribution is 0.0999. The third kappa shape index (κ3) is 2.78. The number of hydrogen-bond acceptors (Lipinski definition) is 2. The number of aromatic nitrogens is 1. The summed E-state index contributed by atoms with van der Waals surface area (Å²) in [6, 6.07) is 11.3. The second-order valence-electron chi connectivity index (χ2n) is 4.19. The SMILES string of the molecule is Cc1ccc(-c2ccc(C(=O)N=[N+]=[N-])c(C)n2)cc1. The van der Waals surface area contributed by atoms with E-state index in [1.54, 1.807) is 19.1 Å². The highest BCUT2D eigenvalue weighted by Crippen LogP contribution is 2.19. The van der Waals surface area contributed by atoms with Crippen molar-refractivity contribution in [3.8, 4) is 11.3 Å². The van der Waals surface area contributed by atoms with Gasteiger partial charge in [0.2, 0.25) is 0 Å². The van der Waals surface area contributed by atoms with Gasteiger partial charge in [0.05, 0.1) is 5.69 Å². The van der Waals surface area contributed by atoms with Crippen LogP contribution in [0.5, 0.6) is 0 Å². The molecule has 0 bridgehead atoms. The Hall–Kier alpha value is -2.65. The van der Waals surface area contributed by atoms with Gasteiger partial charge < -0.3 is 0 Å². The number of amides is 1. The van der Waals surface area contributed by atoms with E-state index >= 15 is 0 Å². The van der Waals surface area contributed by atoms with Crippen molar-refractivity contribution < 1.29 is 4.79 Å². The fourth-order valence-corrected chi connectivity index (χ4v) is 1.77. The molecule has 0 saturated heterocycles. The van der Waals surface area contributed by atoms with Crippen LogP contribution in [0, 0.1) is 13.8 Å². The Morgan fingerprint density at radius 2 is 1.84 bits per heavy atom.